The first-order chi connectivity index (χ1) is 8.31. The van der Waals surface area contributed by atoms with E-state index in [4.69, 9.17) is 4.74 Å². The molecule has 0 atom stereocenters. The van der Waals surface area contributed by atoms with Gasteiger partial charge in [-0.25, -0.2) is 4.79 Å². The number of benzene rings is 1. The molecule has 2 rings (SSSR count). The van der Waals surface area contributed by atoms with Gasteiger partial charge in [0, 0.05) is 12.5 Å². The van der Waals surface area contributed by atoms with Gasteiger partial charge in [-0.1, -0.05) is 36.9 Å². The third-order valence-electron chi connectivity index (χ3n) is 2.95. The summed E-state index contributed by atoms with van der Waals surface area (Å²) in [4.78, 5) is 10.9. The molecule has 2 nitrogen and oxygen atoms in total. The van der Waals surface area contributed by atoms with Crippen molar-refractivity contribution >= 4 is 11.5 Å². The van der Waals surface area contributed by atoms with Crippen molar-refractivity contribution in [1.82, 2.24) is 0 Å². The molecule has 0 saturated carbocycles. The molecule has 0 bridgehead atoms. The zero-order chi connectivity index (χ0) is 12.1. The normalized spacial score (nSPS) is 13.5. The zero-order valence-electron chi connectivity index (χ0n) is 9.82. The van der Waals surface area contributed by atoms with Gasteiger partial charge in [-0.15, -0.1) is 0 Å². The monoisotopic (exact) mass is 228 g/mol. The number of carbonyl (C=O) groups is 1. The van der Waals surface area contributed by atoms with E-state index in [0.29, 0.717) is 6.61 Å². The average Bonchev–Trinajstić information content (AvgIpc) is 2.39. The van der Waals surface area contributed by atoms with Gasteiger partial charge < -0.3 is 4.74 Å². The highest BCUT2D eigenvalue weighted by atomic mass is 16.5. The Morgan fingerprint density at radius 1 is 1.41 bits per heavy atom. The van der Waals surface area contributed by atoms with Crippen LogP contribution in [0.3, 0.4) is 0 Å². The summed E-state index contributed by atoms with van der Waals surface area (Å²) in [6.07, 6.45) is 6.39. The Labute approximate surface area is 102 Å². The largest absolute Gasteiger partial charge is 0.462 e. The molecule has 0 saturated heterocycles. The second-order valence-corrected chi connectivity index (χ2v) is 4.05. The molecule has 0 amide bonds. The fourth-order valence-electron chi connectivity index (χ4n) is 2.12. The summed E-state index contributed by atoms with van der Waals surface area (Å²) in [6, 6.07) is 8.42. The number of rotatable bonds is 4. The molecule has 0 spiro atoms. The molecule has 0 heterocycles. The Bertz CT molecular complexity index is 458. The lowest BCUT2D eigenvalue weighted by molar-refractivity contribution is -0.137. The Kier molecular flexibility index (Phi) is 3.76. The lowest BCUT2D eigenvalue weighted by Gasteiger charge is -2.17. The van der Waals surface area contributed by atoms with E-state index in [1.807, 2.05) is 6.07 Å². The van der Waals surface area contributed by atoms with Crippen LogP contribution >= 0.6 is 0 Å². The minimum Gasteiger partial charge on any atom is -0.462 e. The van der Waals surface area contributed by atoms with E-state index >= 15 is 0 Å². The molecular weight excluding hydrogens is 212 g/mol. The molecule has 0 fully saturated rings. The van der Waals surface area contributed by atoms with E-state index in [9.17, 15) is 4.79 Å². The Hall–Kier alpha value is -1.83. The summed E-state index contributed by atoms with van der Waals surface area (Å²) in [5.41, 5.74) is 3.97. The maximum Gasteiger partial charge on any atom is 0.330 e. The minimum atomic E-state index is -0.352. The highest BCUT2D eigenvalue weighted by Gasteiger charge is 2.11. The molecule has 0 N–H and O–H groups in total. The molecule has 1 aliphatic rings. The SMILES string of the molecule is C=CC(=O)OCCC1=CCCc2ccccc21. The van der Waals surface area contributed by atoms with E-state index < -0.39 is 0 Å². The maximum atomic E-state index is 10.9. The quantitative estimate of drug-likeness (QED) is 0.584. The van der Waals surface area contributed by atoms with E-state index in [1.54, 1.807) is 0 Å². The molecule has 1 aromatic rings. The molecule has 0 radical (unpaired) electrons. The van der Waals surface area contributed by atoms with Crippen LogP contribution in [-0.2, 0) is 16.0 Å². The van der Waals surface area contributed by atoms with Gasteiger partial charge in [-0.2, -0.15) is 0 Å². The lowest BCUT2D eigenvalue weighted by atomic mass is 9.89. The van der Waals surface area contributed by atoms with Crippen LogP contribution in [0.15, 0.2) is 43.0 Å². The average molecular weight is 228 g/mol. The molecular formula is C15H16O2. The van der Waals surface area contributed by atoms with Crippen molar-refractivity contribution in [2.45, 2.75) is 19.3 Å². The second-order valence-electron chi connectivity index (χ2n) is 4.05. The standard InChI is InChI=1S/C15H16O2/c1-2-15(16)17-11-10-13-8-5-7-12-6-3-4-9-14(12)13/h2-4,6,8-9H,1,5,7,10-11H2. The fraction of sp³-hybridized carbons (Fsp3) is 0.267. The molecule has 0 aliphatic heterocycles. The second kappa shape index (κ2) is 5.48. The Balaban J connectivity index is 2.00. The van der Waals surface area contributed by atoms with Gasteiger partial charge >= 0.3 is 5.97 Å². The number of aryl methyl sites for hydroxylation is 1. The summed E-state index contributed by atoms with van der Waals surface area (Å²) >= 11 is 0. The first-order valence-electron chi connectivity index (χ1n) is 5.88. The predicted molar refractivity (Wildman–Crippen MR) is 68.5 cm³/mol. The van der Waals surface area contributed by atoms with Crippen molar-refractivity contribution in [3.63, 3.8) is 0 Å². The van der Waals surface area contributed by atoms with Crippen LogP contribution in [0.2, 0.25) is 0 Å². The molecule has 2 heteroatoms. The van der Waals surface area contributed by atoms with Gasteiger partial charge in [-0.05, 0) is 29.5 Å². The fourth-order valence-corrected chi connectivity index (χ4v) is 2.12. The van der Waals surface area contributed by atoms with Crippen molar-refractivity contribution in [3.05, 3.63) is 54.1 Å². The highest BCUT2D eigenvalue weighted by Crippen LogP contribution is 2.28. The van der Waals surface area contributed by atoms with Crippen LogP contribution in [0, 0.1) is 0 Å². The third-order valence-corrected chi connectivity index (χ3v) is 2.95. The molecule has 17 heavy (non-hydrogen) atoms. The van der Waals surface area contributed by atoms with Crippen LogP contribution in [0.1, 0.15) is 24.0 Å². The van der Waals surface area contributed by atoms with E-state index in [1.165, 1.54) is 22.8 Å². The lowest BCUT2D eigenvalue weighted by Crippen LogP contribution is -2.05. The number of hydrogen-bond acceptors (Lipinski definition) is 2. The summed E-state index contributed by atoms with van der Waals surface area (Å²) in [7, 11) is 0. The smallest absolute Gasteiger partial charge is 0.330 e. The molecule has 88 valence electrons. The summed E-state index contributed by atoms with van der Waals surface area (Å²) in [5, 5.41) is 0. The minimum absolute atomic E-state index is 0.352. The third kappa shape index (κ3) is 2.84. The van der Waals surface area contributed by atoms with Gasteiger partial charge in [0.1, 0.15) is 0 Å². The molecule has 1 aromatic carbocycles. The topological polar surface area (TPSA) is 26.3 Å². The van der Waals surface area contributed by atoms with Crippen LogP contribution in [-0.4, -0.2) is 12.6 Å². The summed E-state index contributed by atoms with van der Waals surface area (Å²) in [5.74, 6) is -0.352. The molecule has 1 aliphatic carbocycles. The zero-order valence-corrected chi connectivity index (χ0v) is 9.82. The number of allylic oxidation sites excluding steroid dienone is 1. The number of carbonyl (C=O) groups excluding carboxylic acids is 1. The number of fused-ring (bicyclic) bond motifs is 1. The first kappa shape index (κ1) is 11.6. The van der Waals surface area contributed by atoms with Crippen LogP contribution in [0.4, 0.5) is 0 Å². The van der Waals surface area contributed by atoms with Crippen molar-refractivity contribution in [1.29, 1.82) is 0 Å². The van der Waals surface area contributed by atoms with E-state index in [2.05, 4.69) is 30.9 Å². The van der Waals surface area contributed by atoms with Crippen molar-refractivity contribution in [2.24, 2.45) is 0 Å². The Morgan fingerprint density at radius 2 is 2.24 bits per heavy atom. The van der Waals surface area contributed by atoms with Crippen LogP contribution in [0.25, 0.3) is 5.57 Å². The van der Waals surface area contributed by atoms with E-state index in [0.717, 1.165) is 19.3 Å². The number of hydrogen-bond donors (Lipinski definition) is 0. The van der Waals surface area contributed by atoms with Crippen molar-refractivity contribution in [2.75, 3.05) is 6.61 Å². The summed E-state index contributed by atoms with van der Waals surface area (Å²) in [6.45, 7) is 3.79. The maximum absolute atomic E-state index is 10.9. The van der Waals surface area contributed by atoms with Crippen LogP contribution < -0.4 is 0 Å². The predicted octanol–water partition coefficient (Wildman–Crippen LogP) is 3.14. The van der Waals surface area contributed by atoms with Gasteiger partial charge in [0.15, 0.2) is 0 Å². The van der Waals surface area contributed by atoms with E-state index in [-0.39, 0.29) is 5.97 Å². The highest BCUT2D eigenvalue weighted by molar-refractivity contribution is 5.81. The van der Waals surface area contributed by atoms with Gasteiger partial charge in [-0.3, -0.25) is 0 Å². The summed E-state index contributed by atoms with van der Waals surface area (Å²) < 4.78 is 5.01. The van der Waals surface area contributed by atoms with Crippen molar-refractivity contribution < 1.29 is 9.53 Å². The Morgan fingerprint density at radius 3 is 3.06 bits per heavy atom. The van der Waals surface area contributed by atoms with Crippen LogP contribution in [0.5, 0.6) is 0 Å². The van der Waals surface area contributed by atoms with Gasteiger partial charge in [0.2, 0.25) is 0 Å². The van der Waals surface area contributed by atoms with Crippen molar-refractivity contribution in [3.8, 4) is 0 Å². The van der Waals surface area contributed by atoms with Gasteiger partial charge in [0.25, 0.3) is 0 Å². The number of ether oxygens (including phenoxy) is 1. The first-order valence-corrected chi connectivity index (χ1v) is 5.88. The molecule has 0 aromatic heterocycles. The van der Waals surface area contributed by atoms with Gasteiger partial charge in [0.05, 0.1) is 6.61 Å². The molecule has 0 unspecified atom stereocenters. The number of esters is 1.